The lowest BCUT2D eigenvalue weighted by molar-refractivity contribution is -0.130. The molecule has 0 bridgehead atoms. The summed E-state index contributed by atoms with van der Waals surface area (Å²) in [7, 11) is 3.25. The van der Waals surface area contributed by atoms with Gasteiger partial charge < -0.3 is 4.74 Å². The molecule has 0 aromatic heterocycles. The summed E-state index contributed by atoms with van der Waals surface area (Å²) in [6.45, 7) is 8.36. The van der Waals surface area contributed by atoms with Gasteiger partial charge in [-0.1, -0.05) is 20.8 Å². The Morgan fingerprint density at radius 1 is 1.05 bits per heavy atom. The van der Waals surface area contributed by atoms with Crippen LogP contribution in [0.25, 0.3) is 0 Å². The molecule has 1 heterocycles. The van der Waals surface area contributed by atoms with E-state index in [1.165, 1.54) is 25.7 Å². The van der Waals surface area contributed by atoms with Crippen LogP contribution in [0.1, 0.15) is 59.3 Å². The predicted octanol–water partition coefficient (Wildman–Crippen LogP) is 3.23. The number of hydrogen-bond donors (Lipinski definition) is 1. The van der Waals surface area contributed by atoms with E-state index in [1.807, 2.05) is 13.8 Å². The smallest absolute Gasteiger partial charge is 0.237 e. The van der Waals surface area contributed by atoms with E-state index in [0.717, 1.165) is 31.8 Å². The first kappa shape index (κ1) is 19.4. The van der Waals surface area contributed by atoms with Crippen molar-refractivity contribution < 1.29 is 9.53 Å². The first-order valence-electron chi connectivity index (χ1n) is 8.13. The first-order valence-corrected chi connectivity index (χ1v) is 8.13. The van der Waals surface area contributed by atoms with Crippen LogP contribution in [-0.4, -0.2) is 38.2 Å². The van der Waals surface area contributed by atoms with Crippen molar-refractivity contribution in [2.45, 2.75) is 59.3 Å². The molecular weight excluding hydrogens is 252 g/mol. The molecule has 1 amide bonds. The van der Waals surface area contributed by atoms with Gasteiger partial charge in [-0.05, 0) is 44.4 Å². The molecule has 1 aliphatic heterocycles. The molecule has 1 N–H and O–H groups in total. The summed E-state index contributed by atoms with van der Waals surface area (Å²) in [6.07, 6.45) is 7.06. The van der Waals surface area contributed by atoms with Gasteiger partial charge in [-0.2, -0.15) is 0 Å². The first-order chi connectivity index (χ1) is 9.67. The van der Waals surface area contributed by atoms with Crippen LogP contribution in [0.4, 0.5) is 0 Å². The minimum Gasteiger partial charge on any atom is -0.388 e. The van der Waals surface area contributed by atoms with E-state index in [0.29, 0.717) is 0 Å². The number of nitrogens with one attached hydrogen (secondary N) is 1. The molecule has 0 unspecified atom stereocenters. The minimum absolute atomic E-state index is 0.267. The van der Waals surface area contributed by atoms with Crippen molar-refractivity contribution in [3.05, 3.63) is 0 Å². The van der Waals surface area contributed by atoms with Crippen molar-refractivity contribution >= 4 is 5.91 Å². The molecule has 1 saturated heterocycles. The van der Waals surface area contributed by atoms with Crippen LogP contribution in [0.5, 0.6) is 0 Å². The topological polar surface area (TPSA) is 41.6 Å². The second-order valence-corrected chi connectivity index (χ2v) is 5.54. The number of nitrogens with zero attached hydrogens (tertiary/aromatic N) is 1. The molecule has 0 atom stereocenters. The Hall–Kier alpha value is -0.610. The Balaban J connectivity index is 0.000000641. The largest absolute Gasteiger partial charge is 0.388 e. The lowest BCUT2D eigenvalue weighted by Crippen LogP contribution is -2.43. The Labute approximate surface area is 125 Å². The van der Waals surface area contributed by atoms with Crippen molar-refractivity contribution in [2.24, 2.45) is 11.8 Å². The molecule has 0 aromatic rings. The highest BCUT2D eigenvalue weighted by Gasteiger charge is 2.25. The van der Waals surface area contributed by atoms with Crippen LogP contribution in [0.3, 0.4) is 0 Å². The van der Waals surface area contributed by atoms with Crippen LogP contribution in [0, 0.1) is 11.8 Å². The normalized spacial score (nSPS) is 25.9. The molecule has 4 heteroatoms. The maximum absolute atomic E-state index is 11.9. The van der Waals surface area contributed by atoms with Crippen molar-refractivity contribution in [1.82, 2.24) is 10.4 Å². The van der Waals surface area contributed by atoms with Crippen molar-refractivity contribution in [1.29, 1.82) is 0 Å². The number of amides is 1. The van der Waals surface area contributed by atoms with Gasteiger partial charge in [0, 0.05) is 33.2 Å². The molecule has 2 aliphatic rings. The van der Waals surface area contributed by atoms with Gasteiger partial charge in [0.25, 0.3) is 0 Å². The molecule has 2 fully saturated rings. The van der Waals surface area contributed by atoms with Crippen LogP contribution in [0.2, 0.25) is 0 Å². The summed E-state index contributed by atoms with van der Waals surface area (Å²) < 4.78 is 4.25. The van der Waals surface area contributed by atoms with E-state index in [4.69, 9.17) is 0 Å². The third kappa shape index (κ3) is 7.85. The van der Waals surface area contributed by atoms with E-state index in [9.17, 15) is 4.79 Å². The van der Waals surface area contributed by atoms with Gasteiger partial charge in [0.2, 0.25) is 5.91 Å². The predicted molar refractivity (Wildman–Crippen MR) is 84.4 cm³/mol. The zero-order chi connectivity index (χ0) is 15.4. The number of rotatable bonds is 2. The lowest BCUT2D eigenvalue weighted by atomic mass is 9.83. The Morgan fingerprint density at radius 2 is 1.50 bits per heavy atom. The Kier molecular flexibility index (Phi) is 11.8. The summed E-state index contributed by atoms with van der Waals surface area (Å²) in [5.74, 6) is 1.37. The zero-order valence-corrected chi connectivity index (χ0v) is 14.1. The van der Waals surface area contributed by atoms with Crippen LogP contribution in [-0.2, 0) is 9.53 Å². The fourth-order valence-electron chi connectivity index (χ4n) is 2.60. The summed E-state index contributed by atoms with van der Waals surface area (Å²) in [5.41, 5.74) is 3.06. The quantitative estimate of drug-likeness (QED) is 0.847. The van der Waals surface area contributed by atoms with Crippen molar-refractivity contribution in [2.75, 3.05) is 27.3 Å². The third-order valence-corrected chi connectivity index (χ3v) is 3.76. The number of ether oxygens (including phenoxy) is 1. The highest BCUT2D eigenvalue weighted by molar-refractivity contribution is 5.78. The van der Waals surface area contributed by atoms with E-state index in [2.05, 4.69) is 22.1 Å². The fourth-order valence-corrected chi connectivity index (χ4v) is 2.60. The molecule has 20 heavy (non-hydrogen) atoms. The molecule has 0 spiro atoms. The number of carbonyl (C=O) groups is 1. The summed E-state index contributed by atoms with van der Waals surface area (Å²) in [6, 6.07) is 0. The molecule has 120 valence electrons. The fraction of sp³-hybridized carbons (Fsp3) is 0.938. The second kappa shape index (κ2) is 12.2. The number of carbonyl (C=O) groups excluding carboxylic acids is 1. The number of hydrazine groups is 1. The average Bonchev–Trinajstić information content (AvgIpc) is 2.95. The standard InChI is InChI=1S/C12H22N2O.C2H6O.C2H6/c1-10-4-6-11(7-5-10)12(15)13-14-8-2-3-9-14;1-3-2;1-2/h10-11H,2-9H2,1H3,(H,13,15);1-2H3;1-2H3. The lowest BCUT2D eigenvalue weighted by Gasteiger charge is -2.27. The van der Waals surface area contributed by atoms with Gasteiger partial charge in [0.05, 0.1) is 0 Å². The van der Waals surface area contributed by atoms with Gasteiger partial charge in [0.1, 0.15) is 0 Å². The average molecular weight is 286 g/mol. The van der Waals surface area contributed by atoms with E-state index in [1.54, 1.807) is 14.2 Å². The molecule has 1 saturated carbocycles. The van der Waals surface area contributed by atoms with E-state index >= 15 is 0 Å². The summed E-state index contributed by atoms with van der Waals surface area (Å²) in [4.78, 5) is 11.9. The van der Waals surface area contributed by atoms with Crippen LogP contribution < -0.4 is 5.43 Å². The van der Waals surface area contributed by atoms with E-state index < -0.39 is 0 Å². The van der Waals surface area contributed by atoms with Crippen LogP contribution >= 0.6 is 0 Å². The molecule has 0 aromatic carbocycles. The maximum Gasteiger partial charge on any atom is 0.237 e. The van der Waals surface area contributed by atoms with Gasteiger partial charge in [-0.15, -0.1) is 0 Å². The highest BCUT2D eigenvalue weighted by atomic mass is 16.4. The number of methoxy groups -OCH3 is 1. The van der Waals surface area contributed by atoms with E-state index in [-0.39, 0.29) is 11.8 Å². The van der Waals surface area contributed by atoms with Crippen molar-refractivity contribution in [3.8, 4) is 0 Å². The molecule has 2 rings (SSSR count). The maximum atomic E-state index is 11.9. The zero-order valence-electron chi connectivity index (χ0n) is 14.1. The Bertz CT molecular complexity index is 233. The van der Waals surface area contributed by atoms with Crippen molar-refractivity contribution in [3.63, 3.8) is 0 Å². The molecule has 1 aliphatic carbocycles. The van der Waals surface area contributed by atoms with Gasteiger partial charge in [0.15, 0.2) is 0 Å². The van der Waals surface area contributed by atoms with Gasteiger partial charge in [-0.25, -0.2) is 5.01 Å². The molecule has 0 radical (unpaired) electrons. The molecule has 4 nitrogen and oxygen atoms in total. The Morgan fingerprint density at radius 3 is 1.95 bits per heavy atom. The highest BCUT2D eigenvalue weighted by Crippen LogP contribution is 2.28. The monoisotopic (exact) mass is 286 g/mol. The second-order valence-electron chi connectivity index (χ2n) is 5.54. The third-order valence-electron chi connectivity index (χ3n) is 3.76. The summed E-state index contributed by atoms with van der Waals surface area (Å²) in [5, 5.41) is 2.08. The van der Waals surface area contributed by atoms with Gasteiger partial charge >= 0.3 is 0 Å². The summed E-state index contributed by atoms with van der Waals surface area (Å²) >= 11 is 0. The minimum atomic E-state index is 0.267. The number of hydrogen-bond acceptors (Lipinski definition) is 3. The SMILES string of the molecule is CC.CC1CCC(C(=O)NN2CCCC2)CC1.COC. The van der Waals surface area contributed by atoms with Crippen LogP contribution in [0.15, 0.2) is 0 Å². The molecular formula is C16H34N2O2. The van der Waals surface area contributed by atoms with Gasteiger partial charge in [-0.3, -0.25) is 10.2 Å².